The summed E-state index contributed by atoms with van der Waals surface area (Å²) in [4.78, 5) is 33.9. The highest BCUT2D eigenvalue weighted by Crippen LogP contribution is 2.28. The number of carboxylic acid groups (broad SMARTS) is 1. The second-order valence-electron chi connectivity index (χ2n) is 8.24. The molecular weight excluding hydrogens is 460 g/mol. The molecule has 0 spiro atoms. The van der Waals surface area contributed by atoms with Crippen LogP contribution in [0, 0.1) is 11.6 Å². The Kier molecular flexibility index (Phi) is 5.67. The molecule has 1 N–H and O–H groups in total. The Labute approximate surface area is 197 Å². The summed E-state index contributed by atoms with van der Waals surface area (Å²) in [6.07, 6.45) is 2.66. The Balaban J connectivity index is 1.40. The van der Waals surface area contributed by atoms with Crippen LogP contribution in [-0.4, -0.2) is 48.3 Å². The van der Waals surface area contributed by atoms with E-state index in [2.05, 4.69) is 4.98 Å². The maximum Gasteiger partial charge on any atom is 0.407 e. The van der Waals surface area contributed by atoms with Gasteiger partial charge in [-0.3, -0.25) is 14.3 Å². The maximum atomic E-state index is 13.8. The summed E-state index contributed by atoms with van der Waals surface area (Å²) in [6.45, 7) is 0.576. The minimum atomic E-state index is -0.923. The van der Waals surface area contributed by atoms with Gasteiger partial charge in [0.1, 0.15) is 35.3 Å². The number of aromatic nitrogens is 4. The molecule has 9 nitrogen and oxygen atoms in total. The van der Waals surface area contributed by atoms with Crippen molar-refractivity contribution in [2.45, 2.75) is 19.4 Å². The average Bonchev–Trinajstić information content (AvgIpc) is 2.97. The van der Waals surface area contributed by atoms with E-state index < -0.39 is 23.3 Å². The van der Waals surface area contributed by atoms with Gasteiger partial charge in [0.15, 0.2) is 5.82 Å². The van der Waals surface area contributed by atoms with E-state index in [0.29, 0.717) is 37.4 Å². The standard InChI is InChI=1S/C24H21F2N5O4/c1-29-20-6-8-30(24(33)34)7-5-16(20)17-2-3-21(28-23(17)29)31-9-4-15(11-22(31)32)35-13-19-18(26)10-14(25)12-27-19/h2-4,9-12H,5-8,13H2,1H3,(H,33,34). The summed E-state index contributed by atoms with van der Waals surface area (Å²) < 4.78 is 35.5. The third kappa shape index (κ3) is 4.20. The van der Waals surface area contributed by atoms with E-state index in [1.54, 1.807) is 12.1 Å². The van der Waals surface area contributed by atoms with E-state index in [-0.39, 0.29) is 18.1 Å². The molecule has 1 aliphatic heterocycles. The topological polar surface area (TPSA) is 102 Å². The van der Waals surface area contributed by atoms with Crippen LogP contribution < -0.4 is 10.3 Å². The fourth-order valence-corrected chi connectivity index (χ4v) is 4.38. The zero-order valence-corrected chi connectivity index (χ0v) is 18.7. The number of hydrogen-bond donors (Lipinski definition) is 1. The fourth-order valence-electron chi connectivity index (χ4n) is 4.38. The van der Waals surface area contributed by atoms with Gasteiger partial charge in [0, 0.05) is 56.0 Å². The van der Waals surface area contributed by atoms with Crippen molar-refractivity contribution in [1.29, 1.82) is 0 Å². The van der Waals surface area contributed by atoms with Gasteiger partial charge in [-0.15, -0.1) is 0 Å². The van der Waals surface area contributed by atoms with E-state index in [4.69, 9.17) is 9.72 Å². The largest absolute Gasteiger partial charge is 0.487 e. The van der Waals surface area contributed by atoms with Crippen molar-refractivity contribution in [2.75, 3.05) is 13.1 Å². The molecule has 0 aromatic carbocycles. The van der Waals surface area contributed by atoms with Crippen molar-refractivity contribution >= 4 is 17.1 Å². The van der Waals surface area contributed by atoms with E-state index >= 15 is 0 Å². The van der Waals surface area contributed by atoms with Crippen LogP contribution in [0.4, 0.5) is 13.6 Å². The SMILES string of the molecule is Cn1c2c(c3ccc(-n4ccc(OCc5ncc(F)cc5F)cc4=O)nc31)CCN(C(=O)O)CC2. The number of pyridine rings is 3. The first kappa shape index (κ1) is 22.5. The first-order chi connectivity index (χ1) is 16.8. The van der Waals surface area contributed by atoms with Gasteiger partial charge in [0.25, 0.3) is 5.56 Å². The molecule has 0 atom stereocenters. The minimum Gasteiger partial charge on any atom is -0.487 e. The Bertz CT molecular complexity index is 1510. The lowest BCUT2D eigenvalue weighted by Gasteiger charge is -2.15. The highest BCUT2D eigenvalue weighted by Gasteiger charge is 2.23. The van der Waals surface area contributed by atoms with Gasteiger partial charge in [0.2, 0.25) is 0 Å². The van der Waals surface area contributed by atoms with Crippen LogP contribution >= 0.6 is 0 Å². The molecule has 1 amide bonds. The number of carbonyl (C=O) groups is 1. The molecular formula is C24H21F2N5O4. The van der Waals surface area contributed by atoms with Gasteiger partial charge in [-0.1, -0.05) is 0 Å². The summed E-state index contributed by atoms with van der Waals surface area (Å²) in [5.74, 6) is -0.975. The molecule has 0 fully saturated rings. The molecule has 1 aliphatic rings. The number of amides is 1. The fraction of sp³-hybridized carbons (Fsp3) is 0.250. The molecule has 35 heavy (non-hydrogen) atoms. The smallest absolute Gasteiger partial charge is 0.407 e. The first-order valence-corrected chi connectivity index (χ1v) is 10.9. The normalized spacial score (nSPS) is 13.5. The van der Waals surface area contributed by atoms with E-state index in [1.165, 1.54) is 21.7 Å². The molecule has 5 rings (SSSR count). The van der Waals surface area contributed by atoms with E-state index in [1.807, 2.05) is 17.7 Å². The Morgan fingerprint density at radius 3 is 2.71 bits per heavy atom. The van der Waals surface area contributed by atoms with Crippen molar-refractivity contribution in [1.82, 2.24) is 24.0 Å². The van der Waals surface area contributed by atoms with Crippen molar-refractivity contribution in [3.05, 3.63) is 81.7 Å². The van der Waals surface area contributed by atoms with Crippen molar-refractivity contribution in [3.8, 4) is 11.6 Å². The van der Waals surface area contributed by atoms with E-state index in [0.717, 1.165) is 28.9 Å². The molecule has 0 bridgehead atoms. The Hall–Kier alpha value is -4.28. The van der Waals surface area contributed by atoms with Gasteiger partial charge >= 0.3 is 6.09 Å². The lowest BCUT2D eigenvalue weighted by molar-refractivity contribution is 0.147. The highest BCUT2D eigenvalue weighted by atomic mass is 19.1. The number of hydrogen-bond acceptors (Lipinski definition) is 5. The van der Waals surface area contributed by atoms with Gasteiger partial charge < -0.3 is 19.3 Å². The molecule has 180 valence electrons. The molecule has 0 saturated heterocycles. The summed E-state index contributed by atoms with van der Waals surface area (Å²) in [6, 6.07) is 7.16. The number of rotatable bonds is 4. The quantitative estimate of drug-likeness (QED) is 0.481. The summed E-state index contributed by atoms with van der Waals surface area (Å²) in [7, 11) is 1.89. The first-order valence-electron chi connectivity index (χ1n) is 10.9. The van der Waals surface area contributed by atoms with Crippen LogP contribution in [0.15, 0.2) is 47.5 Å². The van der Waals surface area contributed by atoms with Crippen molar-refractivity contribution in [2.24, 2.45) is 7.05 Å². The van der Waals surface area contributed by atoms with Crippen LogP contribution in [0.5, 0.6) is 5.75 Å². The molecule has 0 saturated carbocycles. The Morgan fingerprint density at radius 2 is 1.97 bits per heavy atom. The Morgan fingerprint density at radius 1 is 1.17 bits per heavy atom. The van der Waals surface area contributed by atoms with Gasteiger partial charge in [0.05, 0.1) is 6.20 Å². The van der Waals surface area contributed by atoms with Gasteiger partial charge in [-0.2, -0.15) is 0 Å². The highest BCUT2D eigenvalue weighted by molar-refractivity contribution is 5.83. The minimum absolute atomic E-state index is 0.0716. The number of ether oxygens (including phenoxy) is 1. The predicted molar refractivity (Wildman–Crippen MR) is 122 cm³/mol. The molecule has 11 heteroatoms. The third-order valence-electron chi connectivity index (χ3n) is 6.17. The number of nitrogens with zero attached hydrogens (tertiary/aromatic N) is 5. The van der Waals surface area contributed by atoms with Crippen LogP contribution in [0.1, 0.15) is 17.0 Å². The van der Waals surface area contributed by atoms with Gasteiger partial charge in [-0.05, 0) is 30.2 Å². The molecule has 4 aromatic heterocycles. The van der Waals surface area contributed by atoms with Gasteiger partial charge in [-0.25, -0.2) is 18.6 Å². The van der Waals surface area contributed by atoms with Crippen LogP contribution in [-0.2, 0) is 26.5 Å². The van der Waals surface area contributed by atoms with Crippen LogP contribution in [0.2, 0.25) is 0 Å². The molecule has 0 unspecified atom stereocenters. The number of fused-ring (bicyclic) bond motifs is 3. The zero-order chi connectivity index (χ0) is 24.7. The monoisotopic (exact) mass is 481 g/mol. The number of halogens is 2. The number of aryl methyl sites for hydroxylation is 1. The lowest BCUT2D eigenvalue weighted by Crippen LogP contribution is -2.31. The van der Waals surface area contributed by atoms with Crippen molar-refractivity contribution in [3.63, 3.8) is 0 Å². The zero-order valence-electron chi connectivity index (χ0n) is 18.7. The summed E-state index contributed by atoms with van der Waals surface area (Å²) in [5.41, 5.74) is 2.35. The second kappa shape index (κ2) is 8.82. The molecule has 5 heterocycles. The molecule has 0 aliphatic carbocycles. The second-order valence-corrected chi connectivity index (χ2v) is 8.24. The third-order valence-corrected chi connectivity index (χ3v) is 6.17. The van der Waals surface area contributed by atoms with E-state index in [9.17, 15) is 23.5 Å². The average molecular weight is 481 g/mol. The molecule has 4 aromatic rings. The molecule has 0 radical (unpaired) electrons. The maximum absolute atomic E-state index is 13.8. The van der Waals surface area contributed by atoms with Crippen LogP contribution in [0.25, 0.3) is 16.9 Å². The van der Waals surface area contributed by atoms with Crippen molar-refractivity contribution < 1.29 is 23.4 Å². The predicted octanol–water partition coefficient (Wildman–Crippen LogP) is 3.06. The van der Waals surface area contributed by atoms with Crippen LogP contribution in [0.3, 0.4) is 0 Å². The summed E-state index contributed by atoms with van der Waals surface area (Å²) >= 11 is 0. The summed E-state index contributed by atoms with van der Waals surface area (Å²) in [5, 5.41) is 10.2. The lowest BCUT2D eigenvalue weighted by atomic mass is 10.1.